The first-order valence-electron chi connectivity index (χ1n) is 11.5. The van der Waals surface area contributed by atoms with Crippen molar-refractivity contribution in [2.24, 2.45) is 11.8 Å². The molecule has 0 saturated heterocycles. The van der Waals surface area contributed by atoms with E-state index in [0.717, 1.165) is 51.4 Å². The Morgan fingerprint density at radius 3 is 1.77 bits per heavy atom. The molecule has 0 spiro atoms. The van der Waals surface area contributed by atoms with Crippen LogP contribution in [0.4, 0.5) is 0 Å². The third-order valence-electron chi connectivity index (χ3n) is 5.62. The second kappa shape index (κ2) is 19.0. The van der Waals surface area contributed by atoms with Gasteiger partial charge in [0.25, 0.3) is 0 Å². The van der Waals surface area contributed by atoms with E-state index in [1.807, 2.05) is 13.8 Å². The van der Waals surface area contributed by atoms with Crippen LogP contribution in [0, 0.1) is 18.8 Å². The van der Waals surface area contributed by atoms with E-state index >= 15 is 0 Å². The van der Waals surface area contributed by atoms with Gasteiger partial charge >= 0.3 is 29.6 Å². The Morgan fingerprint density at radius 2 is 1.39 bits per heavy atom. The Kier molecular flexibility index (Phi) is 20.1. The van der Waals surface area contributed by atoms with Gasteiger partial charge in [0.2, 0.25) is 11.8 Å². The third-order valence-corrected chi connectivity index (χ3v) is 5.62. The zero-order valence-electron chi connectivity index (χ0n) is 20.1. The minimum absolute atomic E-state index is 0. The van der Waals surface area contributed by atoms with Gasteiger partial charge in [-0.3, -0.25) is 9.59 Å². The molecule has 0 aromatic heterocycles. The maximum absolute atomic E-state index is 12.6. The van der Waals surface area contributed by atoms with Crippen molar-refractivity contribution >= 4 is 18.1 Å². The number of carbonyl (C=O) groups excluding carboxylic acids is 3. The quantitative estimate of drug-likeness (QED) is 0.0976. The van der Waals surface area contributed by atoms with Crippen LogP contribution in [0.25, 0.3) is 0 Å². The minimum Gasteiger partial charge on any atom is -0.393 e. The van der Waals surface area contributed by atoms with Crippen molar-refractivity contribution in [3.8, 4) is 0 Å². The van der Waals surface area contributed by atoms with E-state index in [-0.39, 0.29) is 59.2 Å². The molecule has 0 aliphatic heterocycles. The van der Waals surface area contributed by atoms with Gasteiger partial charge in [-0.1, -0.05) is 65.3 Å². The number of unbranched alkanes of at least 4 members (excludes halogenated alkanes) is 2. The van der Waals surface area contributed by atoms with Gasteiger partial charge in [-0.2, -0.15) is 0 Å². The molecule has 0 radical (unpaired) electrons. The van der Waals surface area contributed by atoms with Gasteiger partial charge in [-0.15, -0.1) is 0 Å². The van der Waals surface area contributed by atoms with Crippen LogP contribution in [0.3, 0.4) is 0 Å². The zero-order chi connectivity index (χ0) is 23.0. The van der Waals surface area contributed by atoms with Crippen LogP contribution in [-0.2, 0) is 14.4 Å². The zero-order valence-corrected chi connectivity index (χ0v) is 22.1. The molecule has 0 aliphatic rings. The smallest absolute Gasteiger partial charge is 0.393 e. The average molecular weight is 451 g/mol. The summed E-state index contributed by atoms with van der Waals surface area (Å²) in [6.45, 7) is 8.72. The fourth-order valence-electron chi connectivity index (χ4n) is 3.47. The summed E-state index contributed by atoms with van der Waals surface area (Å²) in [7, 11) is 0. The van der Waals surface area contributed by atoms with Crippen LogP contribution in [0.5, 0.6) is 0 Å². The molecular formula is C23H43N2NaO5. The number of hydrogen-bond acceptors (Lipinski definition) is 5. The summed E-state index contributed by atoms with van der Waals surface area (Å²) in [4.78, 5) is 36.1. The van der Waals surface area contributed by atoms with Crippen molar-refractivity contribution < 1.29 is 54.2 Å². The molecule has 0 aliphatic carbocycles. The van der Waals surface area contributed by atoms with Gasteiger partial charge in [-0.05, 0) is 25.7 Å². The van der Waals surface area contributed by atoms with Crippen molar-refractivity contribution in [2.75, 3.05) is 13.2 Å². The predicted octanol–water partition coefficient (Wildman–Crippen LogP) is -0.459. The van der Waals surface area contributed by atoms with Gasteiger partial charge in [-0.25, -0.2) is 0 Å². The first-order chi connectivity index (χ1) is 14.3. The Morgan fingerprint density at radius 1 is 0.903 bits per heavy atom. The Labute approximate surface area is 210 Å². The number of aliphatic hydroxyl groups is 2. The SMILES string of the molecule is [CH2-]C(CC)NC(=O)C(CCC)CCCCCC(CCC)C(=O)NC(C=O)(CO)CO.[Na+]. The summed E-state index contributed by atoms with van der Waals surface area (Å²) >= 11 is 0. The first kappa shape index (κ1) is 32.7. The fraction of sp³-hybridized carbons (Fsp3) is 0.826. The fourth-order valence-corrected chi connectivity index (χ4v) is 3.47. The number of carbonyl (C=O) groups is 3. The summed E-state index contributed by atoms with van der Waals surface area (Å²) in [5, 5.41) is 24.2. The summed E-state index contributed by atoms with van der Waals surface area (Å²) in [5.74, 6) is -0.488. The molecule has 3 atom stereocenters. The third kappa shape index (κ3) is 13.0. The molecular weight excluding hydrogens is 407 g/mol. The van der Waals surface area contributed by atoms with Crippen molar-refractivity contribution in [1.29, 1.82) is 0 Å². The Hall–Kier alpha value is -0.470. The minimum atomic E-state index is -1.62. The molecule has 0 aromatic carbocycles. The molecule has 2 amide bonds. The molecule has 176 valence electrons. The van der Waals surface area contributed by atoms with Gasteiger partial charge in [0.1, 0.15) is 11.8 Å². The number of aliphatic hydroxyl groups excluding tert-OH is 2. The summed E-state index contributed by atoms with van der Waals surface area (Å²) in [6.07, 6.45) is 8.70. The molecule has 0 bridgehead atoms. The number of rotatable bonds is 18. The number of hydrogen-bond donors (Lipinski definition) is 4. The standard InChI is InChI=1S/C23H43N2O5.Na/c1-5-11-19(21(29)24-18(4)7-3)13-9-8-10-14-20(12-6-2)22(30)25-23(15-26,16-27)17-28;/h15,18-20,27-28H,4-14,16-17H2,1-3H3,(H,24,29)(H,25,30);/q-1;+1. The van der Waals surface area contributed by atoms with E-state index in [0.29, 0.717) is 19.1 Å². The van der Waals surface area contributed by atoms with Gasteiger partial charge in [0.05, 0.1) is 13.2 Å². The van der Waals surface area contributed by atoms with Crippen LogP contribution in [0.1, 0.15) is 85.0 Å². The van der Waals surface area contributed by atoms with Crippen LogP contribution in [0.2, 0.25) is 0 Å². The van der Waals surface area contributed by atoms with Crippen LogP contribution < -0.4 is 40.2 Å². The number of nitrogens with one attached hydrogen (secondary N) is 2. The van der Waals surface area contributed by atoms with Gasteiger partial charge in [0, 0.05) is 11.8 Å². The van der Waals surface area contributed by atoms with Crippen LogP contribution in [0.15, 0.2) is 0 Å². The second-order valence-electron chi connectivity index (χ2n) is 8.30. The molecule has 3 unspecified atom stereocenters. The molecule has 8 heteroatoms. The van der Waals surface area contributed by atoms with Gasteiger partial charge < -0.3 is 32.6 Å². The summed E-state index contributed by atoms with van der Waals surface area (Å²) in [6, 6.07) is -0.0542. The summed E-state index contributed by atoms with van der Waals surface area (Å²) in [5.41, 5.74) is -1.62. The van der Waals surface area contributed by atoms with Gasteiger partial charge in [0.15, 0.2) is 0 Å². The van der Waals surface area contributed by atoms with E-state index in [1.165, 1.54) is 0 Å². The summed E-state index contributed by atoms with van der Waals surface area (Å²) < 4.78 is 0. The van der Waals surface area contributed by atoms with Crippen LogP contribution >= 0.6 is 0 Å². The van der Waals surface area contributed by atoms with E-state index in [9.17, 15) is 24.6 Å². The van der Waals surface area contributed by atoms with E-state index in [1.54, 1.807) is 0 Å². The van der Waals surface area contributed by atoms with E-state index < -0.39 is 18.8 Å². The van der Waals surface area contributed by atoms with E-state index in [4.69, 9.17) is 0 Å². The molecule has 0 saturated carbocycles. The monoisotopic (exact) mass is 450 g/mol. The largest absolute Gasteiger partial charge is 1.00 e. The normalized spacial score (nSPS) is 14.1. The van der Waals surface area contributed by atoms with E-state index in [2.05, 4.69) is 24.5 Å². The predicted molar refractivity (Wildman–Crippen MR) is 119 cm³/mol. The number of amides is 2. The average Bonchev–Trinajstić information content (AvgIpc) is 2.75. The van der Waals surface area contributed by atoms with Crippen molar-refractivity contribution in [1.82, 2.24) is 10.6 Å². The maximum Gasteiger partial charge on any atom is 1.00 e. The van der Waals surface area contributed by atoms with Crippen molar-refractivity contribution in [3.63, 3.8) is 0 Å². The molecule has 0 rings (SSSR count). The molecule has 7 nitrogen and oxygen atoms in total. The van der Waals surface area contributed by atoms with Crippen LogP contribution in [-0.4, -0.2) is 53.1 Å². The second-order valence-corrected chi connectivity index (χ2v) is 8.30. The number of aldehydes is 1. The Balaban J connectivity index is 0. The van der Waals surface area contributed by atoms with Crippen molar-refractivity contribution in [3.05, 3.63) is 6.92 Å². The maximum atomic E-state index is 12.6. The molecule has 0 aromatic rings. The molecule has 31 heavy (non-hydrogen) atoms. The molecule has 0 fully saturated rings. The first-order valence-corrected chi connectivity index (χ1v) is 11.5. The Bertz CT molecular complexity index is 500. The molecule has 4 N–H and O–H groups in total. The molecule has 0 heterocycles. The topological polar surface area (TPSA) is 116 Å². The van der Waals surface area contributed by atoms with Crippen molar-refractivity contribution in [2.45, 2.75) is 96.6 Å².